The van der Waals surface area contributed by atoms with Gasteiger partial charge in [0.25, 0.3) is 0 Å². The highest BCUT2D eigenvalue weighted by molar-refractivity contribution is 5.17. The number of aliphatic hydroxyl groups is 3. The van der Waals surface area contributed by atoms with Crippen molar-refractivity contribution in [3.63, 3.8) is 0 Å². The lowest BCUT2D eigenvalue weighted by Gasteiger charge is -2.42. The van der Waals surface area contributed by atoms with E-state index in [4.69, 9.17) is 18.9 Å². The molecule has 4 rings (SSSR count). The Morgan fingerprint density at radius 3 is 1.46 bits per heavy atom. The largest absolute Gasteiger partial charge is 0.388 e. The predicted molar refractivity (Wildman–Crippen MR) is 98.0 cm³/mol. The summed E-state index contributed by atoms with van der Waals surface area (Å²) in [6.07, 6.45) is -6.76. The summed E-state index contributed by atoms with van der Waals surface area (Å²) in [5.41, 5.74) is 1.56. The fourth-order valence-corrected chi connectivity index (χ4v) is 3.48. The van der Waals surface area contributed by atoms with Crippen LogP contribution in [0, 0.1) is 0 Å². The Hall–Kier alpha value is -1.84. The third-order valence-electron chi connectivity index (χ3n) is 4.97. The Kier molecular flexibility index (Phi) is 6.03. The van der Waals surface area contributed by atoms with E-state index in [1.165, 1.54) is 0 Å². The van der Waals surface area contributed by atoms with E-state index in [9.17, 15) is 15.3 Å². The zero-order valence-corrected chi connectivity index (χ0v) is 15.2. The van der Waals surface area contributed by atoms with Crippen LogP contribution in [-0.2, 0) is 18.9 Å². The third kappa shape index (κ3) is 4.11. The van der Waals surface area contributed by atoms with Gasteiger partial charge in [0.1, 0.15) is 30.5 Å². The molecule has 28 heavy (non-hydrogen) atoms. The Bertz CT molecular complexity index is 677. The summed E-state index contributed by atoms with van der Waals surface area (Å²) in [5, 5.41) is 31.5. The molecule has 0 saturated carbocycles. The van der Waals surface area contributed by atoms with Gasteiger partial charge in [-0.1, -0.05) is 60.7 Å². The second-order valence-corrected chi connectivity index (χ2v) is 6.98. The average molecular weight is 388 g/mol. The molecule has 2 saturated heterocycles. The molecule has 7 nitrogen and oxygen atoms in total. The lowest BCUT2D eigenvalue weighted by Crippen LogP contribution is -2.57. The Morgan fingerprint density at radius 1 is 0.679 bits per heavy atom. The van der Waals surface area contributed by atoms with Crippen LogP contribution in [0.2, 0.25) is 0 Å². The molecule has 0 aliphatic carbocycles. The molecular weight excluding hydrogens is 364 g/mol. The smallest absolute Gasteiger partial charge is 0.184 e. The molecule has 2 fully saturated rings. The van der Waals surface area contributed by atoms with E-state index in [2.05, 4.69) is 0 Å². The SMILES string of the molecule is OC([C@H]1O[C@@H](c2ccccc2)OC[C@H]1O)[C@@H]1O[C@H](c2ccccc2)OC[C@H]1O. The molecule has 7 heteroatoms. The molecule has 150 valence electrons. The molecule has 0 bridgehead atoms. The zero-order valence-electron chi connectivity index (χ0n) is 15.2. The topological polar surface area (TPSA) is 97.6 Å². The first-order chi connectivity index (χ1) is 13.6. The third-order valence-corrected chi connectivity index (χ3v) is 4.97. The van der Waals surface area contributed by atoms with Crippen LogP contribution in [-0.4, -0.2) is 59.1 Å². The molecule has 0 radical (unpaired) electrons. The minimum atomic E-state index is -1.27. The van der Waals surface area contributed by atoms with Crippen molar-refractivity contribution in [3.8, 4) is 0 Å². The Balaban J connectivity index is 1.48. The van der Waals surface area contributed by atoms with E-state index in [-0.39, 0.29) is 13.2 Å². The summed E-state index contributed by atoms with van der Waals surface area (Å²) < 4.78 is 22.8. The second-order valence-electron chi connectivity index (χ2n) is 6.98. The lowest BCUT2D eigenvalue weighted by molar-refractivity contribution is -0.318. The fraction of sp³-hybridized carbons (Fsp3) is 0.429. The minimum absolute atomic E-state index is 0.00270. The first-order valence-corrected chi connectivity index (χ1v) is 9.31. The molecule has 2 aromatic carbocycles. The van der Waals surface area contributed by atoms with Crippen LogP contribution in [0.4, 0.5) is 0 Å². The summed E-state index contributed by atoms with van der Waals surface area (Å²) in [5.74, 6) is 0. The quantitative estimate of drug-likeness (QED) is 0.726. The number of hydrogen-bond acceptors (Lipinski definition) is 7. The highest BCUT2D eigenvalue weighted by Crippen LogP contribution is 2.33. The average Bonchev–Trinajstić information content (AvgIpc) is 2.75. The van der Waals surface area contributed by atoms with Gasteiger partial charge in [-0.25, -0.2) is 0 Å². The molecule has 7 atom stereocenters. The van der Waals surface area contributed by atoms with Crippen molar-refractivity contribution in [2.45, 2.75) is 43.1 Å². The van der Waals surface area contributed by atoms with Gasteiger partial charge in [0, 0.05) is 11.1 Å². The number of benzene rings is 2. The van der Waals surface area contributed by atoms with Gasteiger partial charge in [-0.15, -0.1) is 0 Å². The van der Waals surface area contributed by atoms with Crippen molar-refractivity contribution in [1.29, 1.82) is 0 Å². The van der Waals surface area contributed by atoms with Gasteiger partial charge in [-0.2, -0.15) is 0 Å². The standard InChI is InChI=1S/C21H24O7/c22-15-11-25-20(13-7-3-1-4-8-13)27-18(15)17(24)19-16(23)12-26-21(28-19)14-9-5-2-6-10-14/h1-10,15-24H,11-12H2/t15-,16-,17?,18-,19+,20-,21+/m1/s1. The molecular formula is C21H24O7. The minimum Gasteiger partial charge on any atom is -0.388 e. The number of ether oxygens (including phenoxy) is 4. The van der Waals surface area contributed by atoms with Crippen molar-refractivity contribution in [1.82, 2.24) is 0 Å². The molecule has 1 unspecified atom stereocenters. The van der Waals surface area contributed by atoms with Gasteiger partial charge < -0.3 is 34.3 Å². The molecule has 2 aliphatic rings. The summed E-state index contributed by atoms with van der Waals surface area (Å²) in [7, 11) is 0. The fourth-order valence-electron chi connectivity index (χ4n) is 3.48. The molecule has 3 N–H and O–H groups in total. The van der Waals surface area contributed by atoms with Crippen molar-refractivity contribution < 1.29 is 34.3 Å². The van der Waals surface area contributed by atoms with Crippen LogP contribution in [0.3, 0.4) is 0 Å². The monoisotopic (exact) mass is 388 g/mol. The van der Waals surface area contributed by atoms with E-state index in [1.807, 2.05) is 60.7 Å². The van der Waals surface area contributed by atoms with Crippen LogP contribution in [0.25, 0.3) is 0 Å². The highest BCUT2D eigenvalue weighted by atomic mass is 16.7. The van der Waals surface area contributed by atoms with Crippen molar-refractivity contribution in [3.05, 3.63) is 71.8 Å². The Labute approximate surface area is 163 Å². The molecule has 2 aromatic rings. The summed E-state index contributed by atoms with van der Waals surface area (Å²) in [6.45, 7) is 0.00539. The number of hydrogen-bond donors (Lipinski definition) is 3. The summed E-state index contributed by atoms with van der Waals surface area (Å²) >= 11 is 0. The molecule has 2 heterocycles. The first-order valence-electron chi connectivity index (χ1n) is 9.31. The van der Waals surface area contributed by atoms with Crippen molar-refractivity contribution in [2.24, 2.45) is 0 Å². The van der Waals surface area contributed by atoms with E-state index in [0.29, 0.717) is 0 Å². The van der Waals surface area contributed by atoms with Gasteiger partial charge >= 0.3 is 0 Å². The number of rotatable bonds is 4. The maximum absolute atomic E-state index is 10.9. The van der Waals surface area contributed by atoms with Gasteiger partial charge in [-0.3, -0.25) is 0 Å². The predicted octanol–water partition coefficient (Wildman–Crippen LogP) is 1.30. The number of aliphatic hydroxyl groups excluding tert-OH is 3. The van der Waals surface area contributed by atoms with Gasteiger partial charge in [0.05, 0.1) is 13.2 Å². The van der Waals surface area contributed by atoms with Crippen molar-refractivity contribution >= 4 is 0 Å². The molecule has 2 aliphatic heterocycles. The second kappa shape index (κ2) is 8.67. The maximum Gasteiger partial charge on any atom is 0.184 e. The van der Waals surface area contributed by atoms with Crippen molar-refractivity contribution in [2.75, 3.05) is 13.2 Å². The van der Waals surface area contributed by atoms with Crippen LogP contribution < -0.4 is 0 Å². The van der Waals surface area contributed by atoms with Crippen LogP contribution >= 0.6 is 0 Å². The van der Waals surface area contributed by atoms with Crippen LogP contribution in [0.15, 0.2) is 60.7 Å². The summed E-state index contributed by atoms with van der Waals surface area (Å²) in [6, 6.07) is 18.6. The molecule has 0 spiro atoms. The normalized spacial score (nSPS) is 34.7. The van der Waals surface area contributed by atoms with E-state index in [0.717, 1.165) is 11.1 Å². The Morgan fingerprint density at radius 2 is 1.07 bits per heavy atom. The summed E-state index contributed by atoms with van der Waals surface area (Å²) in [4.78, 5) is 0. The highest BCUT2D eigenvalue weighted by Gasteiger charge is 2.45. The van der Waals surface area contributed by atoms with E-state index >= 15 is 0 Å². The molecule has 0 aromatic heterocycles. The lowest BCUT2D eigenvalue weighted by atomic mass is 9.97. The maximum atomic E-state index is 10.9. The first kappa shape index (κ1) is 19.5. The van der Waals surface area contributed by atoms with E-state index in [1.54, 1.807) is 0 Å². The van der Waals surface area contributed by atoms with Gasteiger partial charge in [-0.05, 0) is 0 Å². The van der Waals surface area contributed by atoms with Gasteiger partial charge in [0.2, 0.25) is 0 Å². The molecule has 0 amide bonds. The van der Waals surface area contributed by atoms with Gasteiger partial charge in [0.15, 0.2) is 12.6 Å². The van der Waals surface area contributed by atoms with Crippen LogP contribution in [0.5, 0.6) is 0 Å². The zero-order chi connectivity index (χ0) is 19.5. The van der Waals surface area contributed by atoms with Crippen LogP contribution in [0.1, 0.15) is 23.7 Å². The van der Waals surface area contributed by atoms with E-state index < -0.39 is 43.1 Å².